The molecule has 2 heterocycles. The predicted molar refractivity (Wildman–Crippen MR) is 98.3 cm³/mol. The monoisotopic (exact) mass is 320 g/mol. The van der Waals surface area contributed by atoms with Crippen LogP contribution in [0.25, 0.3) is 0 Å². The first kappa shape index (κ1) is 15.3. The minimum absolute atomic E-state index is 0.711. The van der Waals surface area contributed by atoms with Crippen LogP contribution in [0.4, 0.5) is 5.69 Å². The molecule has 0 spiro atoms. The van der Waals surface area contributed by atoms with E-state index in [2.05, 4.69) is 59.6 Å². The van der Waals surface area contributed by atoms with E-state index in [4.69, 9.17) is 4.74 Å². The smallest absolute Gasteiger partial charge is 0.150 e. The number of rotatable bonds is 3. The molecule has 1 saturated heterocycles. The van der Waals surface area contributed by atoms with Gasteiger partial charge in [-0.2, -0.15) is 0 Å². The Labute approximate surface area is 143 Å². The zero-order chi connectivity index (χ0) is 16.4. The maximum absolute atomic E-state index is 5.58. The number of nitrogens with zero attached hydrogens (tertiary/aromatic N) is 1. The van der Waals surface area contributed by atoms with E-state index in [0.717, 1.165) is 31.1 Å². The number of fused-ring (bicyclic) bond motifs is 1. The highest BCUT2D eigenvalue weighted by atomic mass is 16.5. The van der Waals surface area contributed by atoms with Crippen molar-refractivity contribution in [2.45, 2.75) is 32.2 Å². The van der Waals surface area contributed by atoms with Crippen LogP contribution in [0.2, 0.25) is 0 Å². The second-order valence-electron chi connectivity index (χ2n) is 6.86. The molecule has 0 aromatic heterocycles. The molecule has 3 heteroatoms. The van der Waals surface area contributed by atoms with Gasteiger partial charge in [0.1, 0.15) is 12.0 Å². The normalized spacial score (nSPS) is 17.9. The fraction of sp³-hybridized carbons (Fsp3) is 0.333. The molecule has 0 saturated carbocycles. The van der Waals surface area contributed by atoms with Crippen LogP contribution in [-0.4, -0.2) is 18.0 Å². The third-order valence-electron chi connectivity index (χ3n) is 5.09. The van der Waals surface area contributed by atoms with Gasteiger partial charge in [-0.05, 0) is 62.0 Å². The van der Waals surface area contributed by atoms with Gasteiger partial charge in [-0.15, -0.1) is 0 Å². The van der Waals surface area contributed by atoms with Gasteiger partial charge < -0.3 is 10.1 Å². The Morgan fingerprint density at radius 1 is 1.08 bits per heavy atom. The predicted octanol–water partition coefficient (Wildman–Crippen LogP) is 4.65. The summed E-state index contributed by atoms with van der Waals surface area (Å²) in [4.78, 5) is 2.55. The molecular weight excluding hydrogens is 296 g/mol. The van der Waals surface area contributed by atoms with Crippen molar-refractivity contribution >= 4 is 5.69 Å². The van der Waals surface area contributed by atoms with Crippen molar-refractivity contribution < 1.29 is 4.74 Å². The average Bonchev–Trinajstić information content (AvgIpc) is 2.63. The molecule has 0 amide bonds. The van der Waals surface area contributed by atoms with Gasteiger partial charge in [-0.1, -0.05) is 35.9 Å². The van der Waals surface area contributed by atoms with Gasteiger partial charge in [0.2, 0.25) is 0 Å². The van der Waals surface area contributed by atoms with E-state index in [1.807, 2.05) is 6.20 Å². The van der Waals surface area contributed by atoms with Gasteiger partial charge in [0, 0.05) is 12.7 Å². The number of hydrogen-bond acceptors (Lipinski definition) is 3. The van der Waals surface area contributed by atoms with Gasteiger partial charge in [0.15, 0.2) is 0 Å². The molecule has 0 unspecified atom stereocenters. The van der Waals surface area contributed by atoms with Crippen LogP contribution >= 0.6 is 0 Å². The Bertz CT molecular complexity index is 728. The van der Waals surface area contributed by atoms with Crippen LogP contribution in [-0.2, 0) is 6.54 Å². The van der Waals surface area contributed by atoms with Crippen molar-refractivity contribution in [3.63, 3.8) is 0 Å². The standard InChI is InChI=1S/C21H24N2O/c1-16-2-5-18(6-3-16)19-8-11-23(12-9-19)15-17-4-7-20-21(14-17)24-13-10-22-20/h2-7,10,13-14,19,22H,8-9,11-12,15H2,1H3. The Morgan fingerprint density at radius 3 is 2.67 bits per heavy atom. The van der Waals surface area contributed by atoms with E-state index in [1.54, 1.807) is 6.26 Å². The highest BCUT2D eigenvalue weighted by molar-refractivity contribution is 5.60. The Morgan fingerprint density at radius 2 is 1.88 bits per heavy atom. The molecule has 2 aromatic carbocycles. The van der Waals surface area contributed by atoms with Crippen LogP contribution in [0.15, 0.2) is 54.9 Å². The molecule has 0 bridgehead atoms. The molecule has 1 fully saturated rings. The van der Waals surface area contributed by atoms with Gasteiger partial charge in [-0.3, -0.25) is 4.90 Å². The van der Waals surface area contributed by atoms with Crippen molar-refractivity contribution in [1.29, 1.82) is 0 Å². The lowest BCUT2D eigenvalue weighted by Gasteiger charge is -2.32. The number of piperidine rings is 1. The van der Waals surface area contributed by atoms with Crippen molar-refractivity contribution in [1.82, 2.24) is 4.90 Å². The molecular formula is C21H24N2O. The minimum atomic E-state index is 0.711. The van der Waals surface area contributed by atoms with E-state index in [1.165, 1.54) is 29.5 Å². The van der Waals surface area contributed by atoms with Gasteiger partial charge in [0.25, 0.3) is 0 Å². The lowest BCUT2D eigenvalue weighted by atomic mass is 9.89. The van der Waals surface area contributed by atoms with Crippen LogP contribution in [0.1, 0.15) is 35.4 Å². The van der Waals surface area contributed by atoms with Crippen LogP contribution in [0.3, 0.4) is 0 Å². The molecule has 0 atom stereocenters. The SMILES string of the molecule is Cc1ccc(C2CCN(Cc3ccc4c(c3)OC=CN4)CC2)cc1. The highest BCUT2D eigenvalue weighted by Crippen LogP contribution is 2.31. The van der Waals surface area contributed by atoms with Crippen molar-refractivity contribution in [3.8, 4) is 5.75 Å². The van der Waals surface area contributed by atoms with Crippen LogP contribution < -0.4 is 10.1 Å². The zero-order valence-corrected chi connectivity index (χ0v) is 14.2. The number of aryl methyl sites for hydroxylation is 1. The molecule has 2 aromatic rings. The molecule has 24 heavy (non-hydrogen) atoms. The summed E-state index contributed by atoms with van der Waals surface area (Å²) in [5, 5.41) is 3.20. The van der Waals surface area contributed by atoms with Gasteiger partial charge in [-0.25, -0.2) is 0 Å². The third-order valence-corrected chi connectivity index (χ3v) is 5.09. The summed E-state index contributed by atoms with van der Waals surface area (Å²) in [6.07, 6.45) is 6.00. The maximum atomic E-state index is 5.58. The first-order chi connectivity index (χ1) is 11.8. The first-order valence-electron chi connectivity index (χ1n) is 8.78. The summed E-state index contributed by atoms with van der Waals surface area (Å²) in [5.74, 6) is 1.63. The third kappa shape index (κ3) is 3.31. The molecule has 2 aliphatic rings. The minimum Gasteiger partial charge on any atom is -0.461 e. The fourth-order valence-electron chi connectivity index (χ4n) is 3.63. The Kier molecular flexibility index (Phi) is 4.26. The number of hydrogen-bond donors (Lipinski definition) is 1. The van der Waals surface area contributed by atoms with Crippen molar-refractivity contribution in [2.24, 2.45) is 0 Å². The van der Waals surface area contributed by atoms with Gasteiger partial charge >= 0.3 is 0 Å². The fourth-order valence-corrected chi connectivity index (χ4v) is 3.63. The quantitative estimate of drug-likeness (QED) is 0.891. The van der Waals surface area contributed by atoms with E-state index in [0.29, 0.717) is 5.92 Å². The van der Waals surface area contributed by atoms with E-state index >= 15 is 0 Å². The number of likely N-dealkylation sites (tertiary alicyclic amines) is 1. The summed E-state index contributed by atoms with van der Waals surface area (Å²) in [6.45, 7) is 5.48. The summed E-state index contributed by atoms with van der Waals surface area (Å²) < 4.78 is 5.58. The number of ether oxygens (including phenoxy) is 1. The molecule has 124 valence electrons. The lowest BCUT2D eigenvalue weighted by Crippen LogP contribution is -2.32. The zero-order valence-electron chi connectivity index (χ0n) is 14.2. The molecule has 2 aliphatic heterocycles. The molecule has 3 nitrogen and oxygen atoms in total. The lowest BCUT2D eigenvalue weighted by molar-refractivity contribution is 0.204. The molecule has 1 N–H and O–H groups in total. The summed E-state index contributed by atoms with van der Waals surface area (Å²) in [7, 11) is 0. The van der Waals surface area contributed by atoms with E-state index < -0.39 is 0 Å². The van der Waals surface area contributed by atoms with E-state index in [-0.39, 0.29) is 0 Å². The number of nitrogens with one attached hydrogen (secondary N) is 1. The molecule has 0 aliphatic carbocycles. The highest BCUT2D eigenvalue weighted by Gasteiger charge is 2.21. The summed E-state index contributed by atoms with van der Waals surface area (Å²) >= 11 is 0. The average molecular weight is 320 g/mol. The Hall–Kier alpha value is -2.26. The summed E-state index contributed by atoms with van der Waals surface area (Å²) in [5.41, 5.74) is 5.20. The second kappa shape index (κ2) is 6.70. The first-order valence-corrected chi connectivity index (χ1v) is 8.78. The largest absolute Gasteiger partial charge is 0.461 e. The topological polar surface area (TPSA) is 24.5 Å². The second-order valence-corrected chi connectivity index (χ2v) is 6.86. The number of benzene rings is 2. The van der Waals surface area contributed by atoms with Gasteiger partial charge in [0.05, 0.1) is 5.69 Å². The van der Waals surface area contributed by atoms with Crippen LogP contribution in [0, 0.1) is 6.92 Å². The summed E-state index contributed by atoms with van der Waals surface area (Å²) in [6, 6.07) is 15.5. The van der Waals surface area contributed by atoms with E-state index in [9.17, 15) is 0 Å². The van der Waals surface area contributed by atoms with Crippen LogP contribution in [0.5, 0.6) is 5.75 Å². The van der Waals surface area contributed by atoms with Crippen molar-refractivity contribution in [2.75, 3.05) is 18.4 Å². The van der Waals surface area contributed by atoms with Crippen molar-refractivity contribution in [3.05, 3.63) is 71.6 Å². The Balaban J connectivity index is 1.36. The molecule has 4 rings (SSSR count). The number of anilines is 1. The molecule has 0 radical (unpaired) electrons. The maximum Gasteiger partial charge on any atom is 0.150 e.